The minimum absolute atomic E-state index is 0.158. The van der Waals surface area contributed by atoms with Crippen LogP contribution in [0, 0.1) is 0 Å². The van der Waals surface area contributed by atoms with Gasteiger partial charge in [-0.2, -0.15) is 11.3 Å². The summed E-state index contributed by atoms with van der Waals surface area (Å²) in [6, 6.07) is 10.5. The molecule has 0 aliphatic carbocycles. The average Bonchev–Trinajstić information content (AvgIpc) is 3.17. The van der Waals surface area contributed by atoms with Crippen LogP contribution in [-0.4, -0.2) is 39.9 Å². The molecule has 0 unspecified atom stereocenters. The maximum atomic E-state index is 11.5. The molecule has 0 atom stereocenters. The maximum Gasteiger partial charge on any atom is 0.219 e. The van der Waals surface area contributed by atoms with Crippen molar-refractivity contribution in [2.24, 2.45) is 0 Å². The van der Waals surface area contributed by atoms with E-state index in [4.69, 9.17) is 9.97 Å². The van der Waals surface area contributed by atoms with E-state index >= 15 is 0 Å². The Morgan fingerprint density at radius 1 is 1.20 bits per heavy atom. The number of hydrogen-bond donors (Lipinski definition) is 1. The molecule has 1 amide bonds. The van der Waals surface area contributed by atoms with Crippen molar-refractivity contribution in [3.8, 4) is 11.4 Å². The van der Waals surface area contributed by atoms with Gasteiger partial charge in [0.25, 0.3) is 0 Å². The second kappa shape index (κ2) is 6.80. The first-order valence-electron chi connectivity index (χ1n) is 8.52. The van der Waals surface area contributed by atoms with Crippen LogP contribution in [-0.2, 0) is 4.79 Å². The van der Waals surface area contributed by atoms with E-state index in [1.807, 2.05) is 34.5 Å². The largest absolute Gasteiger partial charge is 0.367 e. The lowest BCUT2D eigenvalue weighted by Gasteiger charge is -2.32. The summed E-state index contributed by atoms with van der Waals surface area (Å²) in [6.45, 7) is 3.24. The summed E-state index contributed by atoms with van der Waals surface area (Å²) in [7, 11) is 0. The predicted molar refractivity (Wildman–Crippen MR) is 102 cm³/mol. The molecule has 5 nitrogen and oxygen atoms in total. The molecule has 1 fully saturated rings. The summed E-state index contributed by atoms with van der Waals surface area (Å²) < 4.78 is 0. The lowest BCUT2D eigenvalue weighted by molar-refractivity contribution is -0.129. The van der Waals surface area contributed by atoms with Gasteiger partial charge in [0, 0.05) is 42.4 Å². The van der Waals surface area contributed by atoms with Gasteiger partial charge in [-0.15, -0.1) is 0 Å². The Hall–Kier alpha value is -2.47. The van der Waals surface area contributed by atoms with Gasteiger partial charge in [0.1, 0.15) is 5.82 Å². The van der Waals surface area contributed by atoms with Crippen molar-refractivity contribution in [1.29, 1.82) is 0 Å². The third-order valence-corrected chi connectivity index (χ3v) is 5.35. The molecule has 3 heterocycles. The average molecular weight is 352 g/mol. The lowest BCUT2D eigenvalue weighted by atomic mass is 10.0. The summed E-state index contributed by atoms with van der Waals surface area (Å²) in [6.07, 6.45) is 1.87. The van der Waals surface area contributed by atoms with Crippen LogP contribution >= 0.6 is 11.3 Å². The Morgan fingerprint density at radius 2 is 2.00 bits per heavy atom. The Morgan fingerprint density at radius 3 is 2.72 bits per heavy atom. The molecule has 1 aromatic carbocycles. The highest BCUT2D eigenvalue weighted by molar-refractivity contribution is 7.08. The van der Waals surface area contributed by atoms with Gasteiger partial charge in [-0.1, -0.05) is 12.1 Å². The first-order valence-corrected chi connectivity index (χ1v) is 9.46. The number of thiophene rings is 1. The summed E-state index contributed by atoms with van der Waals surface area (Å²) in [5.41, 5.74) is 1.99. The van der Waals surface area contributed by atoms with Crippen molar-refractivity contribution in [3.05, 3.63) is 41.1 Å². The number of carbonyl (C=O) groups excluding carboxylic acids is 1. The number of nitrogens with one attached hydrogen (secondary N) is 1. The van der Waals surface area contributed by atoms with Crippen LogP contribution in [0.3, 0.4) is 0 Å². The van der Waals surface area contributed by atoms with Crippen molar-refractivity contribution in [2.45, 2.75) is 25.8 Å². The first-order chi connectivity index (χ1) is 12.2. The van der Waals surface area contributed by atoms with Gasteiger partial charge in [0.05, 0.1) is 5.52 Å². The van der Waals surface area contributed by atoms with E-state index in [1.165, 1.54) is 0 Å². The van der Waals surface area contributed by atoms with Crippen LogP contribution in [0.1, 0.15) is 19.8 Å². The van der Waals surface area contributed by atoms with E-state index < -0.39 is 0 Å². The number of nitrogens with zero attached hydrogens (tertiary/aromatic N) is 3. The van der Waals surface area contributed by atoms with Gasteiger partial charge in [-0.05, 0) is 36.4 Å². The second-order valence-electron chi connectivity index (χ2n) is 6.35. The van der Waals surface area contributed by atoms with Gasteiger partial charge in [0.15, 0.2) is 5.82 Å². The molecule has 0 bridgehead atoms. The zero-order valence-corrected chi connectivity index (χ0v) is 14.9. The van der Waals surface area contributed by atoms with E-state index in [9.17, 15) is 4.79 Å². The van der Waals surface area contributed by atoms with E-state index in [2.05, 4.69) is 16.8 Å². The number of fused-ring (bicyclic) bond motifs is 1. The minimum Gasteiger partial charge on any atom is -0.367 e. The number of piperidine rings is 1. The number of carbonyl (C=O) groups is 1. The molecule has 4 rings (SSSR count). The van der Waals surface area contributed by atoms with Crippen LogP contribution in [0.2, 0.25) is 0 Å². The number of anilines is 1. The molecule has 1 N–H and O–H groups in total. The van der Waals surface area contributed by atoms with Gasteiger partial charge < -0.3 is 10.2 Å². The van der Waals surface area contributed by atoms with Gasteiger partial charge >= 0.3 is 0 Å². The first kappa shape index (κ1) is 16.0. The Labute approximate surface area is 150 Å². The van der Waals surface area contributed by atoms with Gasteiger partial charge in [-0.3, -0.25) is 4.79 Å². The van der Waals surface area contributed by atoms with Crippen LogP contribution in [0.4, 0.5) is 5.82 Å². The molecule has 1 aliphatic heterocycles. The molecule has 2 aromatic heterocycles. The third kappa shape index (κ3) is 3.35. The second-order valence-corrected chi connectivity index (χ2v) is 7.13. The van der Waals surface area contributed by atoms with Crippen molar-refractivity contribution in [3.63, 3.8) is 0 Å². The number of likely N-dealkylation sites (tertiary alicyclic amines) is 1. The fraction of sp³-hybridized carbons (Fsp3) is 0.316. The van der Waals surface area contributed by atoms with Crippen LogP contribution in [0.15, 0.2) is 41.1 Å². The summed E-state index contributed by atoms with van der Waals surface area (Å²) in [5, 5.41) is 8.75. The minimum atomic E-state index is 0.158. The number of benzene rings is 1. The maximum absolute atomic E-state index is 11.5. The Balaban J connectivity index is 1.63. The normalized spacial score (nSPS) is 15.5. The zero-order chi connectivity index (χ0) is 17.2. The molecule has 1 aliphatic rings. The number of aromatic nitrogens is 2. The number of amides is 1. The Bertz CT molecular complexity index is 886. The molecule has 6 heteroatoms. The monoisotopic (exact) mass is 352 g/mol. The highest BCUT2D eigenvalue weighted by Gasteiger charge is 2.21. The predicted octanol–water partition coefficient (Wildman–Crippen LogP) is 3.78. The van der Waals surface area contributed by atoms with E-state index in [1.54, 1.807) is 18.3 Å². The molecule has 3 aromatic rings. The van der Waals surface area contributed by atoms with Crippen LogP contribution in [0.25, 0.3) is 22.3 Å². The SMILES string of the molecule is CC(=O)N1CCC(Nc2nc(-c3ccsc3)nc3ccccc23)CC1. The van der Waals surface area contributed by atoms with E-state index in [0.717, 1.165) is 54.0 Å². The fourth-order valence-corrected chi connectivity index (χ4v) is 3.87. The van der Waals surface area contributed by atoms with E-state index in [0.29, 0.717) is 6.04 Å². The molecule has 0 spiro atoms. The lowest BCUT2D eigenvalue weighted by Crippen LogP contribution is -2.41. The molecule has 0 saturated carbocycles. The summed E-state index contributed by atoms with van der Waals surface area (Å²) >= 11 is 1.65. The van der Waals surface area contributed by atoms with Crippen molar-refractivity contribution < 1.29 is 4.79 Å². The molecule has 1 saturated heterocycles. The standard InChI is InChI=1S/C19H20N4OS/c1-13(24)23-9-6-15(7-10-23)20-19-16-4-2-3-5-17(16)21-18(22-19)14-8-11-25-12-14/h2-5,8,11-12,15H,6-7,9-10H2,1H3,(H,20,21,22). The van der Waals surface area contributed by atoms with Crippen LogP contribution in [0.5, 0.6) is 0 Å². The Kier molecular flexibility index (Phi) is 4.36. The quantitative estimate of drug-likeness (QED) is 0.779. The van der Waals surface area contributed by atoms with Crippen molar-refractivity contribution >= 4 is 34.0 Å². The summed E-state index contributed by atoms with van der Waals surface area (Å²) in [5.74, 6) is 1.79. The van der Waals surface area contributed by atoms with Crippen molar-refractivity contribution in [2.75, 3.05) is 18.4 Å². The van der Waals surface area contributed by atoms with E-state index in [-0.39, 0.29) is 5.91 Å². The van der Waals surface area contributed by atoms with Gasteiger partial charge in [0.2, 0.25) is 5.91 Å². The summed E-state index contributed by atoms with van der Waals surface area (Å²) in [4.78, 5) is 22.9. The smallest absolute Gasteiger partial charge is 0.219 e. The topological polar surface area (TPSA) is 58.1 Å². The number of para-hydroxylation sites is 1. The zero-order valence-electron chi connectivity index (χ0n) is 14.1. The fourth-order valence-electron chi connectivity index (χ4n) is 3.24. The molecule has 128 valence electrons. The molecule has 0 radical (unpaired) electrons. The third-order valence-electron chi connectivity index (χ3n) is 4.66. The van der Waals surface area contributed by atoms with Crippen molar-refractivity contribution in [1.82, 2.24) is 14.9 Å². The number of hydrogen-bond acceptors (Lipinski definition) is 5. The molecule has 25 heavy (non-hydrogen) atoms. The highest BCUT2D eigenvalue weighted by Crippen LogP contribution is 2.27. The van der Waals surface area contributed by atoms with Gasteiger partial charge in [-0.25, -0.2) is 9.97 Å². The highest BCUT2D eigenvalue weighted by atomic mass is 32.1. The molecular formula is C19H20N4OS. The number of rotatable bonds is 3. The van der Waals surface area contributed by atoms with Crippen LogP contribution < -0.4 is 5.32 Å². The molecular weight excluding hydrogens is 332 g/mol.